The Bertz CT molecular complexity index is 378. The highest BCUT2D eigenvalue weighted by molar-refractivity contribution is 5.85. The number of hydrogen-bond acceptors (Lipinski definition) is 3. The number of nitrogens with two attached hydrogens (primary N) is 1. The molecule has 0 amide bonds. The van der Waals surface area contributed by atoms with Crippen LogP contribution in [-0.4, -0.2) is 32.2 Å². The molecule has 2 rings (SSSR count). The van der Waals surface area contributed by atoms with Crippen molar-refractivity contribution in [1.29, 1.82) is 0 Å². The largest absolute Gasteiger partial charge is 0.366 e. The standard InChI is InChI=1S/C13H20FN3.ClH/c1-10(15)9-11-3-2-4-12(14)13(11)17-7-5-16-6-8-17;/h2-4,10,16H,5-9,15H2,1H3;1H. The van der Waals surface area contributed by atoms with Crippen LogP contribution in [0.5, 0.6) is 0 Å². The van der Waals surface area contributed by atoms with Crippen LogP contribution < -0.4 is 16.0 Å². The molecule has 1 atom stereocenters. The first-order valence-corrected chi connectivity index (χ1v) is 6.17. The van der Waals surface area contributed by atoms with Gasteiger partial charge in [-0.3, -0.25) is 0 Å². The lowest BCUT2D eigenvalue weighted by Gasteiger charge is -2.31. The maximum absolute atomic E-state index is 14.0. The van der Waals surface area contributed by atoms with Crippen LogP contribution in [0.25, 0.3) is 0 Å². The highest BCUT2D eigenvalue weighted by atomic mass is 35.5. The average Bonchev–Trinajstić information content (AvgIpc) is 2.29. The fraction of sp³-hybridized carbons (Fsp3) is 0.538. The van der Waals surface area contributed by atoms with Crippen molar-refractivity contribution in [3.8, 4) is 0 Å². The fourth-order valence-electron chi connectivity index (χ4n) is 2.31. The zero-order valence-electron chi connectivity index (χ0n) is 10.7. The zero-order chi connectivity index (χ0) is 12.3. The second-order valence-electron chi connectivity index (χ2n) is 4.67. The molecule has 1 aliphatic rings. The molecule has 1 aromatic rings. The van der Waals surface area contributed by atoms with E-state index in [1.807, 2.05) is 13.0 Å². The molecule has 1 saturated heterocycles. The first-order chi connectivity index (χ1) is 8.18. The molecular formula is C13H21ClFN3. The maximum atomic E-state index is 14.0. The minimum Gasteiger partial charge on any atom is -0.366 e. The van der Waals surface area contributed by atoms with Crippen LogP contribution in [0.4, 0.5) is 10.1 Å². The molecule has 18 heavy (non-hydrogen) atoms. The lowest BCUT2D eigenvalue weighted by molar-refractivity contribution is 0.562. The summed E-state index contributed by atoms with van der Waals surface area (Å²) in [5, 5.41) is 3.28. The Morgan fingerprint density at radius 1 is 1.39 bits per heavy atom. The van der Waals surface area contributed by atoms with E-state index in [1.165, 1.54) is 6.07 Å². The zero-order valence-corrected chi connectivity index (χ0v) is 11.5. The van der Waals surface area contributed by atoms with Gasteiger partial charge in [0.15, 0.2) is 0 Å². The topological polar surface area (TPSA) is 41.3 Å². The van der Waals surface area contributed by atoms with E-state index in [0.717, 1.165) is 43.9 Å². The van der Waals surface area contributed by atoms with E-state index in [2.05, 4.69) is 10.2 Å². The number of para-hydroxylation sites is 1. The van der Waals surface area contributed by atoms with E-state index in [9.17, 15) is 4.39 Å². The van der Waals surface area contributed by atoms with Gasteiger partial charge in [-0.15, -0.1) is 12.4 Å². The Labute approximate surface area is 114 Å². The smallest absolute Gasteiger partial charge is 0.146 e. The molecule has 5 heteroatoms. The highest BCUT2D eigenvalue weighted by Gasteiger charge is 2.18. The lowest BCUT2D eigenvalue weighted by atomic mass is 10.0. The Kier molecular flexibility index (Phi) is 5.85. The number of piperazine rings is 1. The number of anilines is 1. The summed E-state index contributed by atoms with van der Waals surface area (Å²) in [5.74, 6) is -0.134. The van der Waals surface area contributed by atoms with E-state index in [1.54, 1.807) is 6.07 Å². The summed E-state index contributed by atoms with van der Waals surface area (Å²) in [6, 6.07) is 5.32. The van der Waals surface area contributed by atoms with Crippen molar-refractivity contribution in [2.75, 3.05) is 31.1 Å². The van der Waals surface area contributed by atoms with Crippen molar-refractivity contribution in [1.82, 2.24) is 5.32 Å². The molecule has 0 radical (unpaired) electrons. The predicted molar refractivity (Wildman–Crippen MR) is 76.1 cm³/mol. The number of halogens is 2. The van der Waals surface area contributed by atoms with Gasteiger partial charge in [0.25, 0.3) is 0 Å². The molecule has 0 aliphatic carbocycles. The van der Waals surface area contributed by atoms with Crippen molar-refractivity contribution in [2.24, 2.45) is 5.73 Å². The van der Waals surface area contributed by atoms with Gasteiger partial charge in [-0.25, -0.2) is 4.39 Å². The second kappa shape index (κ2) is 6.92. The molecular weight excluding hydrogens is 253 g/mol. The van der Waals surface area contributed by atoms with Gasteiger partial charge in [-0.2, -0.15) is 0 Å². The van der Waals surface area contributed by atoms with Gasteiger partial charge in [-0.1, -0.05) is 12.1 Å². The SMILES string of the molecule is CC(N)Cc1cccc(F)c1N1CCNCC1.Cl. The second-order valence-corrected chi connectivity index (χ2v) is 4.67. The normalized spacial score (nSPS) is 17.2. The van der Waals surface area contributed by atoms with E-state index in [-0.39, 0.29) is 24.3 Å². The van der Waals surface area contributed by atoms with E-state index >= 15 is 0 Å². The van der Waals surface area contributed by atoms with Crippen molar-refractivity contribution in [2.45, 2.75) is 19.4 Å². The van der Waals surface area contributed by atoms with E-state index < -0.39 is 0 Å². The third-order valence-corrected chi connectivity index (χ3v) is 3.05. The Hall–Kier alpha value is -0.840. The van der Waals surface area contributed by atoms with Crippen LogP contribution >= 0.6 is 12.4 Å². The number of nitrogens with zero attached hydrogens (tertiary/aromatic N) is 1. The molecule has 1 heterocycles. The van der Waals surface area contributed by atoms with Crippen molar-refractivity contribution < 1.29 is 4.39 Å². The number of nitrogens with one attached hydrogen (secondary N) is 1. The molecule has 1 unspecified atom stereocenters. The van der Waals surface area contributed by atoms with Gasteiger partial charge >= 0.3 is 0 Å². The van der Waals surface area contributed by atoms with E-state index in [4.69, 9.17) is 5.73 Å². The monoisotopic (exact) mass is 273 g/mol. The van der Waals surface area contributed by atoms with Crippen molar-refractivity contribution >= 4 is 18.1 Å². The first-order valence-electron chi connectivity index (χ1n) is 6.17. The van der Waals surface area contributed by atoms with Gasteiger partial charge < -0.3 is 16.0 Å². The molecule has 0 saturated carbocycles. The third kappa shape index (κ3) is 3.57. The Balaban J connectivity index is 0.00000162. The summed E-state index contributed by atoms with van der Waals surface area (Å²) in [6.07, 6.45) is 0.719. The summed E-state index contributed by atoms with van der Waals surface area (Å²) in [7, 11) is 0. The molecule has 0 bridgehead atoms. The van der Waals surface area contributed by atoms with Crippen molar-refractivity contribution in [3.05, 3.63) is 29.6 Å². The maximum Gasteiger partial charge on any atom is 0.146 e. The minimum atomic E-state index is -0.134. The highest BCUT2D eigenvalue weighted by Crippen LogP contribution is 2.25. The van der Waals surface area contributed by atoms with Crippen LogP contribution in [0.3, 0.4) is 0 Å². The van der Waals surface area contributed by atoms with Gasteiger partial charge in [-0.05, 0) is 25.0 Å². The summed E-state index contributed by atoms with van der Waals surface area (Å²) in [5.41, 5.74) is 7.58. The summed E-state index contributed by atoms with van der Waals surface area (Å²) >= 11 is 0. The number of rotatable bonds is 3. The number of hydrogen-bond donors (Lipinski definition) is 2. The molecule has 1 aliphatic heterocycles. The van der Waals surface area contributed by atoms with Crippen LogP contribution in [-0.2, 0) is 6.42 Å². The van der Waals surface area contributed by atoms with Crippen molar-refractivity contribution in [3.63, 3.8) is 0 Å². The average molecular weight is 274 g/mol. The minimum absolute atomic E-state index is 0. The van der Waals surface area contributed by atoms with Crippen LogP contribution in [0.2, 0.25) is 0 Å². The fourth-order valence-corrected chi connectivity index (χ4v) is 2.31. The van der Waals surface area contributed by atoms with Crippen LogP contribution in [0.15, 0.2) is 18.2 Å². The molecule has 1 aromatic carbocycles. The quantitative estimate of drug-likeness (QED) is 0.878. The van der Waals surface area contributed by atoms with Gasteiger partial charge in [0.05, 0.1) is 5.69 Å². The van der Waals surface area contributed by atoms with Gasteiger partial charge in [0, 0.05) is 32.2 Å². The Morgan fingerprint density at radius 3 is 2.67 bits per heavy atom. The summed E-state index contributed by atoms with van der Waals surface area (Å²) in [6.45, 7) is 5.48. The van der Waals surface area contributed by atoms with E-state index in [0.29, 0.717) is 0 Å². The number of benzene rings is 1. The lowest BCUT2D eigenvalue weighted by Crippen LogP contribution is -2.44. The predicted octanol–water partition coefficient (Wildman–Crippen LogP) is 1.55. The Morgan fingerprint density at radius 2 is 2.06 bits per heavy atom. The molecule has 3 N–H and O–H groups in total. The summed E-state index contributed by atoms with van der Waals surface area (Å²) < 4.78 is 14.0. The third-order valence-electron chi connectivity index (χ3n) is 3.05. The molecule has 0 spiro atoms. The first kappa shape index (κ1) is 15.2. The van der Waals surface area contributed by atoms with Crippen LogP contribution in [0, 0.1) is 5.82 Å². The molecule has 0 aromatic heterocycles. The van der Waals surface area contributed by atoms with Gasteiger partial charge in [0.1, 0.15) is 5.82 Å². The van der Waals surface area contributed by atoms with Gasteiger partial charge in [0.2, 0.25) is 0 Å². The van der Waals surface area contributed by atoms with Crippen LogP contribution in [0.1, 0.15) is 12.5 Å². The molecule has 102 valence electrons. The molecule has 3 nitrogen and oxygen atoms in total. The molecule has 1 fully saturated rings. The summed E-state index contributed by atoms with van der Waals surface area (Å²) in [4.78, 5) is 2.11.